The maximum absolute atomic E-state index is 12.2. The van der Waals surface area contributed by atoms with Crippen LogP contribution >= 0.6 is 23.2 Å². The third-order valence-corrected chi connectivity index (χ3v) is 6.80. The molecule has 0 radical (unpaired) electrons. The fourth-order valence-corrected chi connectivity index (χ4v) is 4.42. The molecule has 4 aromatic rings. The molecule has 0 unspecified atom stereocenters. The van der Waals surface area contributed by atoms with Crippen molar-refractivity contribution in [1.82, 2.24) is 14.9 Å². The number of hydrogen-bond acceptors (Lipinski definition) is 3. The summed E-state index contributed by atoms with van der Waals surface area (Å²) < 4.78 is 8.25. The number of nitrogens with one attached hydrogen (secondary N) is 1. The zero-order chi connectivity index (χ0) is 25.3. The summed E-state index contributed by atoms with van der Waals surface area (Å²) >= 11 is 12.0. The standard InChI is InChI=1S/C29H31Cl2N3O2/c1-21-20-24(15-16-25(21)31)36-19-7-18-34-27-9-5-4-8-26(27)33-28(34)10-3-2-6-17-32-29(35)22-11-13-23(30)14-12-22/h4-5,8-9,11-16,20H,2-3,6-7,10,17-19H2,1H3,(H,32,35). The van der Waals surface area contributed by atoms with Crippen LogP contribution in [0.3, 0.4) is 0 Å². The first-order valence-corrected chi connectivity index (χ1v) is 13.1. The first-order valence-electron chi connectivity index (χ1n) is 12.4. The van der Waals surface area contributed by atoms with Crippen molar-refractivity contribution in [3.05, 3.63) is 93.7 Å². The van der Waals surface area contributed by atoms with E-state index in [1.54, 1.807) is 24.3 Å². The molecule has 4 rings (SSSR count). The molecule has 36 heavy (non-hydrogen) atoms. The van der Waals surface area contributed by atoms with E-state index in [-0.39, 0.29) is 5.91 Å². The second kappa shape index (κ2) is 12.8. The van der Waals surface area contributed by atoms with E-state index >= 15 is 0 Å². The van der Waals surface area contributed by atoms with Gasteiger partial charge in [0.2, 0.25) is 0 Å². The zero-order valence-corrected chi connectivity index (χ0v) is 22.0. The quantitative estimate of drug-likeness (QED) is 0.199. The van der Waals surface area contributed by atoms with Crippen LogP contribution in [0.2, 0.25) is 10.0 Å². The molecule has 7 heteroatoms. The van der Waals surface area contributed by atoms with Gasteiger partial charge in [0.15, 0.2) is 0 Å². The molecule has 0 fully saturated rings. The minimum Gasteiger partial charge on any atom is -0.494 e. The number of ether oxygens (including phenoxy) is 1. The van der Waals surface area contributed by atoms with E-state index in [2.05, 4.69) is 28.1 Å². The molecule has 0 aliphatic rings. The molecule has 0 saturated carbocycles. The molecule has 3 aromatic carbocycles. The van der Waals surface area contributed by atoms with Crippen LogP contribution < -0.4 is 10.1 Å². The molecule has 0 aliphatic heterocycles. The van der Waals surface area contributed by atoms with Gasteiger partial charge in [0.05, 0.1) is 17.6 Å². The third kappa shape index (κ3) is 7.02. The Bertz CT molecular complexity index is 1300. The fourth-order valence-electron chi connectivity index (χ4n) is 4.18. The van der Waals surface area contributed by atoms with E-state index in [0.29, 0.717) is 23.7 Å². The number of unbranched alkanes of at least 4 members (excludes halogenated alkanes) is 2. The Balaban J connectivity index is 1.24. The Morgan fingerprint density at radius 2 is 1.78 bits per heavy atom. The number of aromatic nitrogens is 2. The fraction of sp³-hybridized carbons (Fsp3) is 0.310. The Kier molecular flexibility index (Phi) is 9.26. The second-order valence-electron chi connectivity index (χ2n) is 8.85. The Morgan fingerprint density at radius 3 is 2.58 bits per heavy atom. The molecule has 0 spiro atoms. The van der Waals surface area contributed by atoms with E-state index in [0.717, 1.165) is 71.8 Å². The van der Waals surface area contributed by atoms with Crippen LogP contribution in [0, 0.1) is 6.92 Å². The van der Waals surface area contributed by atoms with Gasteiger partial charge in [-0.1, -0.05) is 41.8 Å². The van der Waals surface area contributed by atoms with E-state index in [1.165, 1.54) is 0 Å². The monoisotopic (exact) mass is 523 g/mol. The number of carbonyl (C=O) groups is 1. The van der Waals surface area contributed by atoms with Gasteiger partial charge < -0.3 is 14.6 Å². The van der Waals surface area contributed by atoms with Crippen LogP contribution in [0.1, 0.15) is 47.4 Å². The van der Waals surface area contributed by atoms with Crippen molar-refractivity contribution in [1.29, 1.82) is 0 Å². The lowest BCUT2D eigenvalue weighted by molar-refractivity contribution is 0.0953. The van der Waals surface area contributed by atoms with E-state index in [1.807, 2.05) is 31.2 Å². The number of imidazole rings is 1. The molecule has 1 amide bonds. The second-order valence-corrected chi connectivity index (χ2v) is 9.70. The van der Waals surface area contributed by atoms with Crippen molar-refractivity contribution in [3.63, 3.8) is 0 Å². The number of nitrogens with zero attached hydrogens (tertiary/aromatic N) is 2. The van der Waals surface area contributed by atoms with Gasteiger partial charge in [-0.05, 0) is 86.3 Å². The van der Waals surface area contributed by atoms with Crippen molar-refractivity contribution in [3.8, 4) is 5.75 Å². The lowest BCUT2D eigenvalue weighted by atomic mass is 10.1. The topological polar surface area (TPSA) is 56.1 Å². The van der Waals surface area contributed by atoms with Gasteiger partial charge in [-0.3, -0.25) is 4.79 Å². The first-order chi connectivity index (χ1) is 17.5. The highest BCUT2D eigenvalue weighted by atomic mass is 35.5. The summed E-state index contributed by atoms with van der Waals surface area (Å²) in [5, 5.41) is 4.36. The normalized spacial score (nSPS) is 11.1. The molecule has 1 N–H and O–H groups in total. The van der Waals surface area contributed by atoms with Gasteiger partial charge in [-0.2, -0.15) is 0 Å². The summed E-state index contributed by atoms with van der Waals surface area (Å²) in [4.78, 5) is 17.1. The van der Waals surface area contributed by atoms with Gasteiger partial charge in [0.1, 0.15) is 11.6 Å². The molecule has 188 valence electrons. The highest BCUT2D eigenvalue weighted by molar-refractivity contribution is 6.31. The number of rotatable bonds is 12. The van der Waals surface area contributed by atoms with Gasteiger partial charge in [0.25, 0.3) is 5.91 Å². The van der Waals surface area contributed by atoms with Gasteiger partial charge >= 0.3 is 0 Å². The van der Waals surface area contributed by atoms with Crippen LogP contribution in [-0.2, 0) is 13.0 Å². The number of carbonyl (C=O) groups excluding carboxylic acids is 1. The number of amides is 1. The van der Waals surface area contributed by atoms with Gasteiger partial charge in [0, 0.05) is 35.1 Å². The SMILES string of the molecule is Cc1cc(OCCCn2c(CCCCCNC(=O)c3ccc(Cl)cc3)nc3ccccc32)ccc1Cl. The zero-order valence-electron chi connectivity index (χ0n) is 20.5. The van der Waals surface area contributed by atoms with Crippen LogP contribution in [-0.4, -0.2) is 28.6 Å². The minimum atomic E-state index is -0.0653. The summed E-state index contributed by atoms with van der Waals surface area (Å²) in [7, 11) is 0. The lowest BCUT2D eigenvalue weighted by Gasteiger charge is -2.11. The molecular weight excluding hydrogens is 493 g/mol. The molecule has 1 aromatic heterocycles. The minimum absolute atomic E-state index is 0.0653. The number of aryl methyl sites for hydroxylation is 3. The molecule has 0 saturated heterocycles. The van der Waals surface area contributed by atoms with Crippen LogP contribution in [0.25, 0.3) is 11.0 Å². The van der Waals surface area contributed by atoms with Crippen molar-refractivity contribution in [2.45, 2.75) is 45.6 Å². The highest BCUT2D eigenvalue weighted by Crippen LogP contribution is 2.22. The molecule has 0 atom stereocenters. The molecule has 0 aliphatic carbocycles. The average Bonchev–Trinajstić information content (AvgIpc) is 3.23. The maximum atomic E-state index is 12.2. The number of hydrogen-bond donors (Lipinski definition) is 1. The summed E-state index contributed by atoms with van der Waals surface area (Å²) in [5.41, 5.74) is 3.83. The van der Waals surface area contributed by atoms with Gasteiger partial charge in [-0.25, -0.2) is 4.98 Å². The van der Waals surface area contributed by atoms with E-state index < -0.39 is 0 Å². The van der Waals surface area contributed by atoms with Crippen molar-refractivity contribution in [2.24, 2.45) is 0 Å². The smallest absolute Gasteiger partial charge is 0.251 e. The van der Waals surface area contributed by atoms with Crippen LogP contribution in [0.15, 0.2) is 66.7 Å². The summed E-state index contributed by atoms with van der Waals surface area (Å²) in [5.74, 6) is 1.88. The van der Waals surface area contributed by atoms with Gasteiger partial charge in [-0.15, -0.1) is 0 Å². The predicted octanol–water partition coefficient (Wildman–Crippen LogP) is 7.26. The predicted molar refractivity (Wildman–Crippen MR) is 147 cm³/mol. The lowest BCUT2D eigenvalue weighted by Crippen LogP contribution is -2.24. The number of halogens is 2. The van der Waals surface area contributed by atoms with E-state index in [9.17, 15) is 4.79 Å². The van der Waals surface area contributed by atoms with Crippen molar-refractivity contribution < 1.29 is 9.53 Å². The Morgan fingerprint density at radius 1 is 0.972 bits per heavy atom. The summed E-state index contributed by atoms with van der Waals surface area (Å²) in [6.07, 6.45) is 4.74. The Labute approximate surface area is 222 Å². The van der Waals surface area contributed by atoms with E-state index in [4.69, 9.17) is 32.9 Å². The Hall–Kier alpha value is -3.02. The third-order valence-electron chi connectivity index (χ3n) is 6.13. The molecule has 1 heterocycles. The molecule has 5 nitrogen and oxygen atoms in total. The molecular formula is C29H31Cl2N3O2. The number of benzene rings is 3. The maximum Gasteiger partial charge on any atom is 0.251 e. The largest absolute Gasteiger partial charge is 0.494 e. The number of para-hydroxylation sites is 2. The van der Waals surface area contributed by atoms with Crippen LogP contribution in [0.5, 0.6) is 5.75 Å². The van der Waals surface area contributed by atoms with Crippen molar-refractivity contribution >= 4 is 40.1 Å². The van der Waals surface area contributed by atoms with Crippen LogP contribution in [0.4, 0.5) is 0 Å². The number of fused-ring (bicyclic) bond motifs is 1. The van der Waals surface area contributed by atoms with Crippen molar-refractivity contribution in [2.75, 3.05) is 13.2 Å². The summed E-state index contributed by atoms with van der Waals surface area (Å²) in [6.45, 7) is 4.10. The average molecular weight is 524 g/mol. The summed E-state index contributed by atoms with van der Waals surface area (Å²) in [6, 6.07) is 21.0. The highest BCUT2D eigenvalue weighted by Gasteiger charge is 2.11. The first kappa shape index (κ1) is 26.1. The molecule has 0 bridgehead atoms.